The van der Waals surface area contributed by atoms with Crippen molar-refractivity contribution in [1.29, 1.82) is 0 Å². The Balaban J connectivity index is 1.49. The van der Waals surface area contributed by atoms with Crippen LogP contribution < -0.4 is 0 Å². The van der Waals surface area contributed by atoms with Crippen molar-refractivity contribution in [2.24, 2.45) is 11.8 Å². The van der Waals surface area contributed by atoms with Gasteiger partial charge in [0, 0.05) is 29.4 Å². The summed E-state index contributed by atoms with van der Waals surface area (Å²) in [6.45, 7) is 0.847. The van der Waals surface area contributed by atoms with Gasteiger partial charge >= 0.3 is 5.97 Å². The van der Waals surface area contributed by atoms with Crippen molar-refractivity contribution in [1.82, 2.24) is 0 Å². The predicted octanol–water partition coefficient (Wildman–Crippen LogP) is 4.01. The number of aliphatic hydroxyl groups is 1. The Morgan fingerprint density at radius 2 is 2.22 bits per heavy atom. The molecule has 2 aliphatic rings. The van der Waals surface area contributed by atoms with Crippen LogP contribution in [0.1, 0.15) is 53.1 Å². The molecule has 5 atom stereocenters. The second-order valence-corrected chi connectivity index (χ2v) is 9.11. The van der Waals surface area contributed by atoms with Crippen molar-refractivity contribution in [2.45, 2.75) is 62.7 Å². The number of aryl methyl sites for hydroxylation is 1. The van der Waals surface area contributed by atoms with Crippen LogP contribution in [-0.2, 0) is 20.6 Å². The predicted molar refractivity (Wildman–Crippen MR) is 105 cm³/mol. The van der Waals surface area contributed by atoms with Gasteiger partial charge in [0.2, 0.25) is 0 Å². The molecule has 1 aliphatic carbocycles. The molecule has 1 aromatic heterocycles. The Kier molecular flexibility index (Phi) is 7.97. The van der Waals surface area contributed by atoms with Crippen molar-refractivity contribution in [3.8, 4) is 0 Å². The van der Waals surface area contributed by atoms with E-state index in [9.17, 15) is 9.90 Å². The summed E-state index contributed by atoms with van der Waals surface area (Å²) in [5.41, 5.74) is 0. The van der Waals surface area contributed by atoms with Gasteiger partial charge in [-0.15, -0.1) is 22.9 Å². The highest BCUT2D eigenvalue weighted by molar-refractivity contribution is 7.13. The first-order valence-electron chi connectivity index (χ1n) is 9.81. The third kappa shape index (κ3) is 5.45. The van der Waals surface area contributed by atoms with Gasteiger partial charge < -0.3 is 19.3 Å². The monoisotopic (exact) mass is 416 g/mol. The first-order valence-corrected chi connectivity index (χ1v) is 11.1. The minimum Gasteiger partial charge on any atom is -0.465 e. The van der Waals surface area contributed by atoms with Crippen LogP contribution in [0.3, 0.4) is 0 Å². The number of carbonyl (C=O) groups is 1. The third-order valence-electron chi connectivity index (χ3n) is 5.63. The molecule has 2 fully saturated rings. The summed E-state index contributed by atoms with van der Waals surface area (Å²) in [4.78, 5) is 13.4. The Morgan fingerprint density at radius 1 is 1.37 bits per heavy atom. The summed E-state index contributed by atoms with van der Waals surface area (Å²) >= 11 is 8.10. The van der Waals surface area contributed by atoms with E-state index in [-0.39, 0.29) is 42.2 Å². The lowest BCUT2D eigenvalue weighted by molar-refractivity contribution is -0.197. The fraction of sp³-hybridized carbons (Fsp3) is 0.750. The van der Waals surface area contributed by atoms with Crippen LogP contribution in [0.4, 0.5) is 0 Å². The molecule has 1 saturated heterocycles. The molecule has 0 bridgehead atoms. The molecule has 0 radical (unpaired) electrons. The van der Waals surface area contributed by atoms with E-state index in [0.717, 1.165) is 51.6 Å². The number of hydrogen-bond acceptors (Lipinski definition) is 6. The minimum absolute atomic E-state index is 0.0182. The molecule has 152 valence electrons. The summed E-state index contributed by atoms with van der Waals surface area (Å²) in [6.07, 6.45) is 6.54. The Labute approximate surface area is 169 Å². The second kappa shape index (κ2) is 10.2. The summed E-state index contributed by atoms with van der Waals surface area (Å²) in [5, 5.41) is 9.95. The molecule has 3 rings (SSSR count). The highest BCUT2D eigenvalue weighted by Crippen LogP contribution is 2.41. The Hall–Kier alpha value is -0.660. The van der Waals surface area contributed by atoms with Gasteiger partial charge in [0.15, 0.2) is 6.29 Å². The van der Waals surface area contributed by atoms with E-state index in [4.69, 9.17) is 25.8 Å². The highest BCUT2D eigenvalue weighted by atomic mass is 35.5. The number of carbonyl (C=O) groups excluding carboxylic acids is 1. The molecule has 0 aromatic carbocycles. The molecular formula is C20H29ClO5S. The van der Waals surface area contributed by atoms with Crippen molar-refractivity contribution in [3.63, 3.8) is 0 Å². The smallest absolute Gasteiger partial charge is 0.348 e. The Bertz CT molecular complexity index is 601. The van der Waals surface area contributed by atoms with Crippen LogP contribution in [0.5, 0.6) is 0 Å². The zero-order valence-electron chi connectivity index (χ0n) is 15.8. The van der Waals surface area contributed by atoms with Gasteiger partial charge in [0.1, 0.15) is 4.88 Å². The normalized spacial score (nSPS) is 31.1. The molecule has 27 heavy (non-hydrogen) atoms. The Morgan fingerprint density at radius 3 is 2.93 bits per heavy atom. The summed E-state index contributed by atoms with van der Waals surface area (Å²) in [7, 11) is 1.40. The van der Waals surface area contributed by atoms with Crippen LogP contribution in [0.25, 0.3) is 0 Å². The number of esters is 1. The van der Waals surface area contributed by atoms with E-state index in [2.05, 4.69) is 0 Å². The molecule has 2 heterocycles. The SMILES string of the molecule is COC(=O)c1ccc(CCC[C@@H]2[C@@H](CO)[C@H](OC3CCCCO3)C[C@H]2Cl)s1. The maximum absolute atomic E-state index is 11.6. The van der Waals surface area contributed by atoms with Gasteiger partial charge in [-0.25, -0.2) is 4.79 Å². The van der Waals surface area contributed by atoms with Crippen LogP contribution in [0.2, 0.25) is 0 Å². The quantitative estimate of drug-likeness (QED) is 0.512. The van der Waals surface area contributed by atoms with E-state index < -0.39 is 0 Å². The van der Waals surface area contributed by atoms with Gasteiger partial charge in [0.25, 0.3) is 0 Å². The molecule has 1 saturated carbocycles. The standard InChI is InChI=1S/C20H29ClO5S/c1-24-20(23)18-9-8-13(27-18)5-4-6-14-15(12-22)17(11-16(14)21)26-19-7-2-3-10-25-19/h8-9,14-17,19,22H,2-7,10-12H2,1H3/t14-,15-,16-,17-,19?/m1/s1. The third-order valence-corrected chi connectivity index (χ3v) is 7.26. The van der Waals surface area contributed by atoms with Gasteiger partial charge in [-0.05, 0) is 63.0 Å². The van der Waals surface area contributed by atoms with Gasteiger partial charge in [-0.1, -0.05) is 0 Å². The average molecular weight is 417 g/mol. The maximum Gasteiger partial charge on any atom is 0.348 e. The largest absolute Gasteiger partial charge is 0.465 e. The van der Waals surface area contributed by atoms with E-state index in [1.807, 2.05) is 12.1 Å². The van der Waals surface area contributed by atoms with Gasteiger partial charge in [0.05, 0.1) is 13.2 Å². The molecule has 7 heteroatoms. The number of aliphatic hydroxyl groups excluding tert-OH is 1. The number of alkyl halides is 1. The number of ether oxygens (including phenoxy) is 3. The fourth-order valence-electron chi connectivity index (χ4n) is 4.17. The number of thiophene rings is 1. The molecule has 1 aromatic rings. The van der Waals surface area contributed by atoms with E-state index >= 15 is 0 Å². The summed E-state index contributed by atoms with van der Waals surface area (Å²) < 4.78 is 16.6. The van der Waals surface area contributed by atoms with Crippen molar-refractivity contribution in [2.75, 3.05) is 20.3 Å². The lowest BCUT2D eigenvalue weighted by Crippen LogP contribution is -2.33. The van der Waals surface area contributed by atoms with E-state index in [1.165, 1.54) is 23.3 Å². The van der Waals surface area contributed by atoms with Gasteiger partial charge in [-0.3, -0.25) is 0 Å². The minimum atomic E-state index is -0.284. The van der Waals surface area contributed by atoms with Gasteiger partial charge in [-0.2, -0.15) is 0 Å². The van der Waals surface area contributed by atoms with Crippen LogP contribution in [-0.4, -0.2) is 49.2 Å². The van der Waals surface area contributed by atoms with E-state index in [0.29, 0.717) is 4.88 Å². The summed E-state index contributed by atoms with van der Waals surface area (Å²) in [6, 6.07) is 3.80. The van der Waals surface area contributed by atoms with Crippen LogP contribution >= 0.6 is 22.9 Å². The molecule has 1 unspecified atom stereocenters. The maximum atomic E-state index is 11.6. The average Bonchev–Trinajstić information content (AvgIpc) is 3.27. The molecule has 5 nitrogen and oxygen atoms in total. The zero-order chi connectivity index (χ0) is 19.2. The zero-order valence-corrected chi connectivity index (χ0v) is 17.3. The van der Waals surface area contributed by atoms with Crippen molar-refractivity contribution >= 4 is 28.9 Å². The molecule has 0 amide bonds. The molecule has 1 N–H and O–H groups in total. The first-order chi connectivity index (χ1) is 13.1. The number of hydrogen-bond donors (Lipinski definition) is 1. The number of halogens is 1. The number of methoxy groups -OCH3 is 1. The summed E-state index contributed by atoms with van der Waals surface area (Å²) in [5.74, 6) is 0.0189. The van der Waals surface area contributed by atoms with Crippen molar-refractivity contribution in [3.05, 3.63) is 21.9 Å². The molecule has 1 aliphatic heterocycles. The van der Waals surface area contributed by atoms with E-state index in [1.54, 1.807) is 0 Å². The lowest BCUT2D eigenvalue weighted by Gasteiger charge is -2.29. The van der Waals surface area contributed by atoms with Crippen LogP contribution in [0.15, 0.2) is 12.1 Å². The van der Waals surface area contributed by atoms with Crippen molar-refractivity contribution < 1.29 is 24.1 Å². The molecular weight excluding hydrogens is 388 g/mol. The lowest BCUT2D eigenvalue weighted by atomic mass is 9.90. The van der Waals surface area contributed by atoms with Crippen LogP contribution in [0, 0.1) is 11.8 Å². The topological polar surface area (TPSA) is 65.0 Å². The fourth-order valence-corrected chi connectivity index (χ4v) is 5.62. The highest BCUT2D eigenvalue weighted by Gasteiger charge is 2.43. The number of rotatable bonds is 8. The first kappa shape index (κ1) is 21.1. The molecule has 0 spiro atoms. The second-order valence-electron chi connectivity index (χ2n) is 7.38.